The molecule has 0 amide bonds. The summed E-state index contributed by atoms with van der Waals surface area (Å²) in [7, 11) is 0. The number of aryl methyl sites for hydroxylation is 1. The zero-order chi connectivity index (χ0) is 16.5. The predicted molar refractivity (Wildman–Crippen MR) is 98.8 cm³/mol. The molecular weight excluding hydrogens is 316 g/mol. The van der Waals surface area contributed by atoms with Gasteiger partial charge in [-0.1, -0.05) is 31.0 Å². The summed E-state index contributed by atoms with van der Waals surface area (Å²) in [5.74, 6) is 0.889. The van der Waals surface area contributed by atoms with E-state index >= 15 is 0 Å². The molecule has 128 valence electrons. The molecule has 2 aromatic rings. The number of benzene rings is 1. The van der Waals surface area contributed by atoms with Crippen LogP contribution in [0.2, 0.25) is 0 Å². The number of para-hydroxylation sites is 1. The highest BCUT2D eigenvalue weighted by molar-refractivity contribution is 7.71. The highest BCUT2D eigenvalue weighted by Crippen LogP contribution is 2.35. The van der Waals surface area contributed by atoms with E-state index in [1.54, 1.807) is 0 Å². The van der Waals surface area contributed by atoms with E-state index in [0.29, 0.717) is 0 Å². The smallest absolute Gasteiger partial charge is 0.203 e. The largest absolute Gasteiger partial charge is 0.281 e. The second kappa shape index (κ2) is 6.81. The summed E-state index contributed by atoms with van der Waals surface area (Å²) in [5.41, 5.74) is 2.35. The van der Waals surface area contributed by atoms with Crippen molar-refractivity contribution in [1.29, 1.82) is 0 Å². The number of likely N-dealkylation sites (tertiary alicyclic amines) is 1. The lowest BCUT2D eigenvalue weighted by Crippen LogP contribution is -2.47. The van der Waals surface area contributed by atoms with Gasteiger partial charge in [-0.15, -0.1) is 0 Å². The molecule has 1 aliphatic carbocycles. The summed E-state index contributed by atoms with van der Waals surface area (Å²) >= 11 is 5.72. The molecule has 0 unspecified atom stereocenters. The highest BCUT2D eigenvalue weighted by atomic mass is 32.1. The molecule has 1 saturated heterocycles. The van der Waals surface area contributed by atoms with Crippen molar-refractivity contribution in [3.05, 3.63) is 40.9 Å². The van der Waals surface area contributed by atoms with E-state index in [4.69, 9.17) is 12.2 Å². The summed E-state index contributed by atoms with van der Waals surface area (Å²) in [4.78, 5) is 2.62. The standard InChI is InChI=1S/C19H26N4S/c1-15-7-2-4-10-17(15)22-13-20-23(19(22)24)14-21-12-6-9-16-8-3-5-11-18(16)21/h2,4,7,10,13,16,18H,3,5-6,8-9,11-12,14H2,1H3/t16-,18-/m0/s1. The number of hydrogen-bond acceptors (Lipinski definition) is 3. The Bertz CT molecular complexity index is 761. The van der Waals surface area contributed by atoms with Crippen LogP contribution in [0.25, 0.3) is 5.69 Å². The maximum atomic E-state index is 5.72. The fourth-order valence-corrected chi connectivity index (χ4v) is 4.76. The van der Waals surface area contributed by atoms with Crippen molar-refractivity contribution in [3.8, 4) is 5.69 Å². The second-order valence-corrected chi connectivity index (χ2v) is 7.64. The summed E-state index contributed by atoms with van der Waals surface area (Å²) in [5, 5.41) is 4.60. The third-order valence-corrected chi connectivity index (χ3v) is 6.19. The van der Waals surface area contributed by atoms with Crippen LogP contribution in [0.1, 0.15) is 44.1 Å². The Labute approximate surface area is 149 Å². The van der Waals surface area contributed by atoms with E-state index < -0.39 is 0 Å². The first-order valence-electron chi connectivity index (χ1n) is 9.18. The average molecular weight is 343 g/mol. The lowest BCUT2D eigenvalue weighted by Gasteiger charge is -2.43. The lowest BCUT2D eigenvalue weighted by molar-refractivity contribution is 0.0323. The third-order valence-electron chi connectivity index (χ3n) is 5.78. The lowest BCUT2D eigenvalue weighted by atomic mass is 9.78. The Morgan fingerprint density at radius 2 is 1.92 bits per heavy atom. The molecular formula is C19H26N4S. The van der Waals surface area contributed by atoms with Crippen molar-refractivity contribution >= 4 is 12.2 Å². The van der Waals surface area contributed by atoms with Crippen LogP contribution in [0.4, 0.5) is 0 Å². The molecule has 0 radical (unpaired) electrons. The van der Waals surface area contributed by atoms with Gasteiger partial charge in [0.25, 0.3) is 0 Å². The summed E-state index contributed by atoms with van der Waals surface area (Å²) in [6.45, 7) is 4.13. The normalized spacial score (nSPS) is 24.7. The summed E-state index contributed by atoms with van der Waals surface area (Å²) in [6, 6.07) is 9.07. The molecule has 2 fully saturated rings. The van der Waals surface area contributed by atoms with Gasteiger partial charge >= 0.3 is 0 Å². The van der Waals surface area contributed by atoms with Crippen LogP contribution >= 0.6 is 12.2 Å². The van der Waals surface area contributed by atoms with Gasteiger partial charge in [-0.3, -0.25) is 9.47 Å². The van der Waals surface area contributed by atoms with E-state index in [1.807, 2.05) is 15.6 Å². The summed E-state index contributed by atoms with van der Waals surface area (Å²) in [6.07, 6.45) is 10.1. The van der Waals surface area contributed by atoms with E-state index in [9.17, 15) is 0 Å². The first-order chi connectivity index (χ1) is 11.7. The molecule has 1 saturated carbocycles. The van der Waals surface area contributed by atoms with Gasteiger partial charge < -0.3 is 0 Å². The number of nitrogens with zero attached hydrogens (tertiary/aromatic N) is 4. The first-order valence-corrected chi connectivity index (χ1v) is 9.59. The van der Waals surface area contributed by atoms with Crippen molar-refractivity contribution in [3.63, 3.8) is 0 Å². The van der Waals surface area contributed by atoms with E-state index in [-0.39, 0.29) is 0 Å². The molecule has 1 aromatic carbocycles. The molecule has 24 heavy (non-hydrogen) atoms. The van der Waals surface area contributed by atoms with Crippen LogP contribution in [0, 0.1) is 17.6 Å². The monoisotopic (exact) mass is 342 g/mol. The number of aromatic nitrogens is 3. The van der Waals surface area contributed by atoms with E-state index in [2.05, 4.69) is 41.2 Å². The molecule has 2 heterocycles. The molecule has 2 atom stereocenters. The maximum Gasteiger partial charge on any atom is 0.203 e. The topological polar surface area (TPSA) is 26.0 Å². The maximum absolute atomic E-state index is 5.72. The Balaban J connectivity index is 1.57. The van der Waals surface area contributed by atoms with Crippen LogP contribution < -0.4 is 0 Å². The fraction of sp³-hybridized carbons (Fsp3) is 0.579. The molecule has 0 N–H and O–H groups in total. The average Bonchev–Trinajstić information content (AvgIpc) is 2.96. The quantitative estimate of drug-likeness (QED) is 0.777. The predicted octanol–water partition coefficient (Wildman–Crippen LogP) is 4.32. The van der Waals surface area contributed by atoms with Crippen molar-refractivity contribution in [1.82, 2.24) is 19.2 Å². The van der Waals surface area contributed by atoms with Crippen molar-refractivity contribution < 1.29 is 0 Å². The molecule has 0 bridgehead atoms. The van der Waals surface area contributed by atoms with Crippen LogP contribution in [-0.2, 0) is 6.67 Å². The second-order valence-electron chi connectivity index (χ2n) is 7.28. The van der Waals surface area contributed by atoms with Crippen LogP contribution in [0.5, 0.6) is 0 Å². The third kappa shape index (κ3) is 2.95. The zero-order valence-corrected chi connectivity index (χ0v) is 15.2. The highest BCUT2D eigenvalue weighted by Gasteiger charge is 2.33. The minimum Gasteiger partial charge on any atom is -0.281 e. The first kappa shape index (κ1) is 16.0. The Kier molecular flexibility index (Phi) is 4.55. The number of hydrogen-bond donors (Lipinski definition) is 0. The molecule has 0 spiro atoms. The van der Waals surface area contributed by atoms with Gasteiger partial charge in [0.05, 0.1) is 12.4 Å². The number of fused-ring (bicyclic) bond motifs is 1. The minimum absolute atomic E-state index is 0.734. The van der Waals surface area contributed by atoms with Crippen molar-refractivity contribution in [2.75, 3.05) is 6.54 Å². The zero-order valence-electron chi connectivity index (χ0n) is 14.4. The van der Waals surface area contributed by atoms with Crippen LogP contribution in [0.3, 0.4) is 0 Å². The Morgan fingerprint density at radius 1 is 1.12 bits per heavy atom. The van der Waals surface area contributed by atoms with Crippen LogP contribution in [0.15, 0.2) is 30.6 Å². The molecule has 5 heteroatoms. The van der Waals surface area contributed by atoms with Gasteiger partial charge in [0.2, 0.25) is 4.77 Å². The Morgan fingerprint density at radius 3 is 2.79 bits per heavy atom. The number of rotatable bonds is 3. The fourth-order valence-electron chi connectivity index (χ4n) is 4.51. The van der Waals surface area contributed by atoms with E-state index in [1.165, 1.54) is 50.6 Å². The van der Waals surface area contributed by atoms with E-state index in [0.717, 1.165) is 29.1 Å². The van der Waals surface area contributed by atoms with Gasteiger partial charge in [-0.05, 0) is 62.4 Å². The summed E-state index contributed by atoms with van der Waals surface area (Å²) < 4.78 is 4.83. The van der Waals surface area contributed by atoms with Crippen LogP contribution in [-0.4, -0.2) is 31.8 Å². The number of piperidine rings is 1. The minimum atomic E-state index is 0.734. The van der Waals surface area contributed by atoms with Crippen molar-refractivity contribution in [2.24, 2.45) is 5.92 Å². The molecule has 1 aromatic heterocycles. The molecule has 2 aliphatic rings. The van der Waals surface area contributed by atoms with Crippen molar-refractivity contribution in [2.45, 2.75) is 58.2 Å². The molecule has 4 nitrogen and oxygen atoms in total. The molecule has 4 rings (SSSR count). The Hall–Kier alpha value is -1.46. The van der Waals surface area contributed by atoms with Gasteiger partial charge in [-0.25, -0.2) is 4.68 Å². The SMILES string of the molecule is Cc1ccccc1-n1cnn(CN2CCC[C@@H]3CCCC[C@@H]32)c1=S. The van der Waals surface area contributed by atoms with Gasteiger partial charge in [0.15, 0.2) is 0 Å². The van der Waals surface area contributed by atoms with Gasteiger partial charge in [0, 0.05) is 12.6 Å². The molecule has 1 aliphatic heterocycles. The van der Waals surface area contributed by atoms with Gasteiger partial charge in [0.1, 0.15) is 6.33 Å². The van der Waals surface area contributed by atoms with Gasteiger partial charge in [-0.2, -0.15) is 5.10 Å².